The van der Waals surface area contributed by atoms with Crippen LogP contribution in [0, 0.1) is 0 Å². The molecule has 2 aromatic carbocycles. The molecule has 2 unspecified atom stereocenters. The largest absolute Gasteiger partial charge is 0.335 e. The van der Waals surface area contributed by atoms with E-state index in [1.807, 2.05) is 0 Å². The minimum absolute atomic E-state index is 0.0189. The van der Waals surface area contributed by atoms with Crippen LogP contribution in [0.25, 0.3) is 0 Å². The van der Waals surface area contributed by atoms with Crippen LogP contribution in [-0.2, 0) is 18.4 Å². The summed E-state index contributed by atoms with van der Waals surface area (Å²) in [6, 6.07) is 22.4. The lowest BCUT2D eigenvalue weighted by Crippen LogP contribution is -2.35. The van der Waals surface area contributed by atoms with Crippen molar-refractivity contribution < 1.29 is 0 Å². The van der Waals surface area contributed by atoms with Crippen molar-refractivity contribution in [2.75, 3.05) is 0 Å². The lowest BCUT2D eigenvalue weighted by molar-refractivity contribution is 0.321. The highest BCUT2D eigenvalue weighted by molar-refractivity contribution is 5.33. The molecule has 214 valence electrons. The molecule has 2 atom stereocenters. The topological polar surface area (TPSA) is 17.8 Å². The lowest BCUT2D eigenvalue weighted by atomic mass is 9.66. The molecule has 39 heavy (non-hydrogen) atoms. The predicted molar refractivity (Wildman–Crippen MR) is 170 cm³/mol. The second-order valence-electron chi connectivity index (χ2n) is 12.0. The number of nitrogens with zero attached hydrogens (tertiary/aromatic N) is 2. The van der Waals surface area contributed by atoms with Crippen molar-refractivity contribution in [3.8, 4) is 0 Å². The molecule has 0 fully saturated rings. The van der Waals surface area contributed by atoms with Crippen LogP contribution in [-0.4, -0.2) is 9.55 Å². The second kappa shape index (κ2) is 18.1. The number of hydrogen-bond donors (Lipinski definition) is 0. The number of aryl methyl sites for hydroxylation is 1. The fraction of sp³-hybridized carbons (Fsp3) is 0.595. The van der Waals surface area contributed by atoms with E-state index in [4.69, 9.17) is 4.98 Å². The summed E-state index contributed by atoms with van der Waals surface area (Å²) in [5.41, 5.74) is 2.83. The molecular formula is C37H56N2. The molecule has 0 bridgehead atoms. The van der Waals surface area contributed by atoms with Crippen molar-refractivity contribution in [3.05, 3.63) is 90.0 Å². The zero-order valence-corrected chi connectivity index (χ0v) is 25.4. The first-order chi connectivity index (χ1) is 19.2. The van der Waals surface area contributed by atoms with Crippen LogP contribution >= 0.6 is 0 Å². The molecule has 1 heterocycles. The molecule has 0 amide bonds. The molecule has 2 nitrogen and oxygen atoms in total. The summed E-state index contributed by atoms with van der Waals surface area (Å²) in [5.74, 6) is 1.68. The van der Waals surface area contributed by atoms with Crippen LogP contribution in [0.5, 0.6) is 0 Å². The van der Waals surface area contributed by atoms with E-state index in [0.717, 1.165) is 13.0 Å². The fourth-order valence-electron chi connectivity index (χ4n) is 6.36. The lowest BCUT2D eigenvalue weighted by Gasteiger charge is -2.39. The zero-order chi connectivity index (χ0) is 27.6. The third-order valence-corrected chi connectivity index (χ3v) is 8.77. The van der Waals surface area contributed by atoms with Gasteiger partial charge in [0.05, 0.1) is 0 Å². The Morgan fingerprint density at radius 3 is 1.82 bits per heavy atom. The van der Waals surface area contributed by atoms with Crippen LogP contribution in [0.1, 0.15) is 140 Å². The number of hydrogen-bond acceptors (Lipinski definition) is 1. The molecule has 3 rings (SSSR count). The Labute approximate surface area is 240 Å². The first-order valence-electron chi connectivity index (χ1n) is 16.3. The Bertz CT molecular complexity index is 993. The number of imidazole rings is 1. The van der Waals surface area contributed by atoms with Crippen molar-refractivity contribution in [1.29, 1.82) is 0 Å². The molecule has 1 aromatic heterocycles. The molecule has 0 spiro atoms. The number of aromatic nitrogens is 2. The maximum absolute atomic E-state index is 5.08. The Morgan fingerprint density at radius 1 is 0.667 bits per heavy atom. The van der Waals surface area contributed by atoms with E-state index in [0.29, 0.717) is 5.92 Å². The summed E-state index contributed by atoms with van der Waals surface area (Å²) in [5, 5.41) is 0. The van der Waals surface area contributed by atoms with E-state index in [1.165, 1.54) is 113 Å². The molecular weight excluding hydrogens is 472 g/mol. The van der Waals surface area contributed by atoms with E-state index in [9.17, 15) is 0 Å². The van der Waals surface area contributed by atoms with Gasteiger partial charge in [0.1, 0.15) is 5.82 Å². The van der Waals surface area contributed by atoms with E-state index in [2.05, 4.69) is 98.4 Å². The minimum Gasteiger partial charge on any atom is -0.335 e. The van der Waals surface area contributed by atoms with Crippen molar-refractivity contribution in [2.45, 2.75) is 141 Å². The van der Waals surface area contributed by atoms with E-state index in [1.54, 1.807) is 0 Å². The van der Waals surface area contributed by atoms with Crippen LogP contribution in [0.4, 0.5) is 0 Å². The van der Waals surface area contributed by atoms with Gasteiger partial charge in [-0.3, -0.25) is 0 Å². The molecule has 0 saturated heterocycles. The standard InChI is InChI=1S/C37H56N2/c1-4-6-8-10-11-12-13-15-23-30-39-31-29-38-36(39)35(28-22-14-9-7-5-2)37(3,34-26-20-17-21-27-34)32-33-24-18-16-19-25-33/h16-21,24-27,29,31,35H,4-15,22-23,28,30,32H2,1-3H3. The van der Waals surface area contributed by atoms with Gasteiger partial charge in [-0.15, -0.1) is 0 Å². The highest BCUT2D eigenvalue weighted by Gasteiger charge is 2.39. The Kier molecular flexibility index (Phi) is 14.5. The average molecular weight is 529 g/mol. The molecule has 0 saturated carbocycles. The van der Waals surface area contributed by atoms with Crippen LogP contribution in [0.15, 0.2) is 73.1 Å². The van der Waals surface area contributed by atoms with Crippen molar-refractivity contribution in [3.63, 3.8) is 0 Å². The van der Waals surface area contributed by atoms with E-state index in [-0.39, 0.29) is 5.41 Å². The SMILES string of the molecule is CCCCCCCCCCCn1ccnc1C(CCCCCCC)C(C)(Cc1ccccc1)c1ccccc1. The van der Waals surface area contributed by atoms with Gasteiger partial charge in [0, 0.05) is 30.3 Å². The molecule has 0 N–H and O–H groups in total. The van der Waals surface area contributed by atoms with Crippen molar-refractivity contribution in [1.82, 2.24) is 9.55 Å². The molecule has 0 aliphatic heterocycles. The highest BCUT2D eigenvalue weighted by atomic mass is 15.1. The summed E-state index contributed by atoms with van der Waals surface area (Å²) >= 11 is 0. The van der Waals surface area contributed by atoms with Crippen LogP contribution in [0.2, 0.25) is 0 Å². The monoisotopic (exact) mass is 528 g/mol. The number of benzene rings is 2. The fourth-order valence-corrected chi connectivity index (χ4v) is 6.36. The van der Waals surface area contributed by atoms with Gasteiger partial charge in [0.2, 0.25) is 0 Å². The summed E-state index contributed by atoms with van der Waals surface area (Å²) in [6.07, 6.45) is 25.4. The first kappa shape index (κ1) is 31.2. The van der Waals surface area contributed by atoms with Crippen LogP contribution in [0.3, 0.4) is 0 Å². The Balaban J connectivity index is 1.76. The van der Waals surface area contributed by atoms with E-state index < -0.39 is 0 Å². The maximum Gasteiger partial charge on any atom is 0.112 e. The molecule has 0 aliphatic carbocycles. The van der Waals surface area contributed by atoms with Gasteiger partial charge in [0.25, 0.3) is 0 Å². The Hall–Kier alpha value is -2.35. The second-order valence-corrected chi connectivity index (χ2v) is 12.0. The number of unbranched alkanes of at least 4 members (excludes halogenated alkanes) is 12. The minimum atomic E-state index is -0.0189. The van der Waals surface area contributed by atoms with Gasteiger partial charge < -0.3 is 4.57 Å². The first-order valence-corrected chi connectivity index (χ1v) is 16.3. The third-order valence-electron chi connectivity index (χ3n) is 8.77. The highest BCUT2D eigenvalue weighted by Crippen LogP contribution is 2.44. The Morgan fingerprint density at radius 2 is 1.21 bits per heavy atom. The van der Waals surface area contributed by atoms with Crippen molar-refractivity contribution in [2.24, 2.45) is 0 Å². The zero-order valence-electron chi connectivity index (χ0n) is 25.4. The molecule has 0 aliphatic rings. The summed E-state index contributed by atoms with van der Waals surface area (Å²) in [7, 11) is 0. The van der Waals surface area contributed by atoms with Crippen molar-refractivity contribution >= 4 is 0 Å². The summed E-state index contributed by atoms with van der Waals surface area (Å²) < 4.78 is 2.50. The summed E-state index contributed by atoms with van der Waals surface area (Å²) in [4.78, 5) is 5.08. The van der Waals surface area contributed by atoms with Gasteiger partial charge in [0.15, 0.2) is 0 Å². The smallest absolute Gasteiger partial charge is 0.112 e. The molecule has 0 radical (unpaired) electrons. The average Bonchev–Trinajstić information content (AvgIpc) is 3.43. The van der Waals surface area contributed by atoms with Gasteiger partial charge in [-0.1, -0.05) is 165 Å². The van der Waals surface area contributed by atoms with Crippen LogP contribution < -0.4 is 0 Å². The third kappa shape index (κ3) is 10.3. The number of rotatable bonds is 21. The van der Waals surface area contributed by atoms with E-state index >= 15 is 0 Å². The van der Waals surface area contributed by atoms with Gasteiger partial charge in [-0.05, 0) is 30.4 Å². The summed E-state index contributed by atoms with van der Waals surface area (Å²) in [6.45, 7) is 8.20. The maximum atomic E-state index is 5.08. The van der Waals surface area contributed by atoms with Gasteiger partial charge >= 0.3 is 0 Å². The quantitative estimate of drug-likeness (QED) is 0.126. The normalized spacial score (nSPS) is 13.8. The van der Waals surface area contributed by atoms with Gasteiger partial charge in [-0.2, -0.15) is 0 Å². The molecule has 2 heteroatoms. The molecule has 3 aromatic rings. The van der Waals surface area contributed by atoms with Gasteiger partial charge in [-0.25, -0.2) is 4.98 Å². The predicted octanol–water partition coefficient (Wildman–Crippen LogP) is 11.1.